The molecule has 19 heavy (non-hydrogen) atoms. The van der Waals surface area contributed by atoms with Gasteiger partial charge in [0.15, 0.2) is 11.5 Å². The number of nitrogens with two attached hydrogens (primary N) is 1. The van der Waals surface area contributed by atoms with Crippen molar-refractivity contribution in [2.45, 2.75) is 19.3 Å². The van der Waals surface area contributed by atoms with E-state index in [1.165, 1.54) is 0 Å². The van der Waals surface area contributed by atoms with Crippen LogP contribution in [0.2, 0.25) is 0 Å². The maximum Gasteiger partial charge on any atom is 0.231 e. The quantitative estimate of drug-likeness (QED) is 0.819. The number of unbranched alkanes of at least 4 members (excludes halogenated alkanes) is 1. The van der Waals surface area contributed by atoms with E-state index in [-0.39, 0.29) is 6.79 Å². The molecule has 0 fully saturated rings. The molecule has 0 unspecified atom stereocenters. The number of benzene rings is 1. The zero-order valence-corrected chi connectivity index (χ0v) is 10.6. The number of fused-ring (bicyclic) bond motifs is 1. The van der Waals surface area contributed by atoms with Crippen molar-refractivity contribution in [3.8, 4) is 17.2 Å². The largest absolute Gasteiger partial charge is 0.454 e. The second kappa shape index (κ2) is 5.27. The maximum atomic E-state index is 5.47. The molecular weight excluding hydrogens is 244 g/mol. The van der Waals surface area contributed by atoms with Crippen LogP contribution in [0.5, 0.6) is 11.5 Å². The maximum absolute atomic E-state index is 5.47. The molecule has 1 aliphatic heterocycles. The van der Waals surface area contributed by atoms with Crippen LogP contribution < -0.4 is 15.2 Å². The summed E-state index contributed by atoms with van der Waals surface area (Å²) < 4.78 is 12.4. The third-order valence-electron chi connectivity index (χ3n) is 3.05. The first-order chi connectivity index (χ1) is 9.36. The van der Waals surface area contributed by atoms with E-state index in [0.717, 1.165) is 48.7 Å². The Morgan fingerprint density at radius 2 is 2.11 bits per heavy atom. The van der Waals surface area contributed by atoms with Gasteiger partial charge < -0.3 is 15.2 Å². The number of aryl methyl sites for hydroxylation is 1. The molecule has 2 aromatic rings. The molecule has 3 rings (SSSR count). The minimum atomic E-state index is 0.278. The van der Waals surface area contributed by atoms with Gasteiger partial charge in [-0.05, 0) is 37.9 Å². The third-order valence-corrected chi connectivity index (χ3v) is 3.05. The highest BCUT2D eigenvalue weighted by molar-refractivity contribution is 5.49. The molecule has 100 valence electrons. The van der Waals surface area contributed by atoms with Gasteiger partial charge in [0.2, 0.25) is 6.79 Å². The van der Waals surface area contributed by atoms with E-state index in [1.54, 1.807) is 4.68 Å². The van der Waals surface area contributed by atoms with E-state index in [1.807, 2.05) is 24.4 Å². The summed E-state index contributed by atoms with van der Waals surface area (Å²) in [4.78, 5) is 0. The van der Waals surface area contributed by atoms with E-state index in [2.05, 4.69) is 10.3 Å². The molecular formula is C13H16N4O2. The van der Waals surface area contributed by atoms with Gasteiger partial charge >= 0.3 is 0 Å². The average molecular weight is 260 g/mol. The topological polar surface area (TPSA) is 75.2 Å². The van der Waals surface area contributed by atoms with Gasteiger partial charge in [0.25, 0.3) is 0 Å². The smallest absolute Gasteiger partial charge is 0.231 e. The number of aromatic nitrogens is 3. The van der Waals surface area contributed by atoms with E-state index in [4.69, 9.17) is 15.2 Å². The van der Waals surface area contributed by atoms with Crippen LogP contribution in [-0.4, -0.2) is 28.3 Å². The lowest BCUT2D eigenvalue weighted by molar-refractivity contribution is 0.174. The van der Waals surface area contributed by atoms with Gasteiger partial charge in [-0.15, -0.1) is 5.10 Å². The zero-order chi connectivity index (χ0) is 13.1. The monoisotopic (exact) mass is 260 g/mol. The molecule has 0 radical (unpaired) electrons. The van der Waals surface area contributed by atoms with Crippen LogP contribution in [0.25, 0.3) is 5.69 Å². The number of hydrogen-bond acceptors (Lipinski definition) is 5. The van der Waals surface area contributed by atoms with Crippen LogP contribution in [-0.2, 0) is 6.42 Å². The highest BCUT2D eigenvalue weighted by Crippen LogP contribution is 2.33. The van der Waals surface area contributed by atoms with Crippen molar-refractivity contribution in [2.24, 2.45) is 5.73 Å². The van der Waals surface area contributed by atoms with Crippen molar-refractivity contribution in [2.75, 3.05) is 13.3 Å². The summed E-state index contributed by atoms with van der Waals surface area (Å²) in [6.07, 6.45) is 4.89. The number of nitrogens with zero attached hydrogens (tertiary/aromatic N) is 3. The fraction of sp³-hybridized carbons (Fsp3) is 0.385. The van der Waals surface area contributed by atoms with Crippen LogP contribution in [0, 0.1) is 0 Å². The van der Waals surface area contributed by atoms with Crippen molar-refractivity contribution < 1.29 is 9.47 Å². The van der Waals surface area contributed by atoms with Crippen molar-refractivity contribution in [3.63, 3.8) is 0 Å². The van der Waals surface area contributed by atoms with E-state index in [0.29, 0.717) is 0 Å². The highest BCUT2D eigenvalue weighted by Gasteiger charge is 2.14. The summed E-state index contributed by atoms with van der Waals surface area (Å²) >= 11 is 0. The first-order valence-corrected chi connectivity index (χ1v) is 6.38. The minimum absolute atomic E-state index is 0.278. The fourth-order valence-electron chi connectivity index (χ4n) is 2.02. The molecule has 0 amide bonds. The van der Waals surface area contributed by atoms with Gasteiger partial charge in [0.05, 0.1) is 17.6 Å². The normalized spacial score (nSPS) is 12.9. The first-order valence-electron chi connectivity index (χ1n) is 6.38. The Kier molecular flexibility index (Phi) is 3.33. The summed E-state index contributed by atoms with van der Waals surface area (Å²) in [6, 6.07) is 5.72. The number of ether oxygens (including phenoxy) is 2. The molecule has 0 saturated heterocycles. The Morgan fingerprint density at radius 3 is 3.00 bits per heavy atom. The highest BCUT2D eigenvalue weighted by atomic mass is 16.7. The second-order valence-electron chi connectivity index (χ2n) is 4.44. The molecule has 0 aliphatic carbocycles. The third kappa shape index (κ3) is 2.53. The Bertz CT molecular complexity index is 568. The average Bonchev–Trinajstić information content (AvgIpc) is 3.06. The van der Waals surface area contributed by atoms with Crippen molar-refractivity contribution in [1.29, 1.82) is 0 Å². The molecule has 0 spiro atoms. The predicted molar refractivity (Wildman–Crippen MR) is 69.5 cm³/mol. The zero-order valence-electron chi connectivity index (χ0n) is 10.6. The molecule has 0 atom stereocenters. The standard InChI is InChI=1S/C13H16N4O2/c14-6-2-1-3-10-8-17(16-15-10)11-4-5-12-13(7-11)19-9-18-12/h4-5,7-8H,1-3,6,9,14H2. The van der Waals surface area contributed by atoms with Crippen LogP contribution in [0.1, 0.15) is 18.5 Å². The molecule has 2 N–H and O–H groups in total. The van der Waals surface area contributed by atoms with Crippen LogP contribution in [0.15, 0.2) is 24.4 Å². The Morgan fingerprint density at radius 1 is 1.21 bits per heavy atom. The molecule has 1 aliphatic rings. The number of hydrogen-bond donors (Lipinski definition) is 1. The Hall–Kier alpha value is -2.08. The molecule has 1 aromatic heterocycles. The summed E-state index contributed by atoms with van der Waals surface area (Å²) in [5.74, 6) is 1.52. The lowest BCUT2D eigenvalue weighted by Crippen LogP contribution is -1.99. The van der Waals surface area contributed by atoms with Gasteiger partial charge in [-0.1, -0.05) is 5.21 Å². The van der Waals surface area contributed by atoms with Gasteiger partial charge in [0, 0.05) is 6.07 Å². The van der Waals surface area contributed by atoms with Gasteiger partial charge in [0.1, 0.15) is 0 Å². The Labute approximate surface area is 111 Å². The van der Waals surface area contributed by atoms with Gasteiger partial charge in [-0.25, -0.2) is 4.68 Å². The summed E-state index contributed by atoms with van der Waals surface area (Å²) in [7, 11) is 0. The van der Waals surface area contributed by atoms with Gasteiger partial charge in [-0.3, -0.25) is 0 Å². The van der Waals surface area contributed by atoms with E-state index in [9.17, 15) is 0 Å². The SMILES string of the molecule is NCCCCc1cn(-c2ccc3c(c2)OCO3)nn1. The first kappa shape index (κ1) is 12.0. The molecule has 6 nitrogen and oxygen atoms in total. The van der Waals surface area contributed by atoms with E-state index < -0.39 is 0 Å². The van der Waals surface area contributed by atoms with Crippen molar-refractivity contribution in [1.82, 2.24) is 15.0 Å². The van der Waals surface area contributed by atoms with Gasteiger partial charge in [-0.2, -0.15) is 0 Å². The predicted octanol–water partition coefficient (Wildman–Crippen LogP) is 1.28. The molecule has 2 heterocycles. The van der Waals surface area contributed by atoms with Crippen molar-refractivity contribution in [3.05, 3.63) is 30.1 Å². The molecule has 0 saturated carbocycles. The van der Waals surface area contributed by atoms with Crippen molar-refractivity contribution >= 4 is 0 Å². The van der Waals surface area contributed by atoms with Crippen LogP contribution in [0.3, 0.4) is 0 Å². The summed E-state index contributed by atoms with van der Waals surface area (Å²) in [5.41, 5.74) is 7.37. The van der Waals surface area contributed by atoms with Crippen LogP contribution >= 0.6 is 0 Å². The lowest BCUT2D eigenvalue weighted by Gasteiger charge is -2.01. The second-order valence-corrected chi connectivity index (χ2v) is 4.44. The molecule has 1 aromatic carbocycles. The summed E-state index contributed by atoms with van der Waals surface area (Å²) in [6.45, 7) is 0.997. The lowest BCUT2D eigenvalue weighted by atomic mass is 10.2. The summed E-state index contributed by atoms with van der Waals surface area (Å²) in [5, 5.41) is 8.29. The van der Waals surface area contributed by atoms with Crippen LogP contribution in [0.4, 0.5) is 0 Å². The number of rotatable bonds is 5. The molecule has 0 bridgehead atoms. The minimum Gasteiger partial charge on any atom is -0.454 e. The van der Waals surface area contributed by atoms with E-state index >= 15 is 0 Å². The molecule has 6 heteroatoms. The fourth-order valence-corrected chi connectivity index (χ4v) is 2.02. The Balaban J connectivity index is 1.75.